The zero-order valence-corrected chi connectivity index (χ0v) is 13.9. The first-order valence-electron chi connectivity index (χ1n) is 8.02. The van der Waals surface area contributed by atoms with Gasteiger partial charge in [-0.1, -0.05) is 32.0 Å². The van der Waals surface area contributed by atoms with Crippen LogP contribution in [-0.4, -0.2) is 22.6 Å². The number of nitrogens with one attached hydrogen (secondary N) is 2. The van der Waals surface area contributed by atoms with E-state index >= 15 is 0 Å². The molecular weight excluding hydrogens is 292 g/mol. The highest BCUT2D eigenvalue weighted by Crippen LogP contribution is 2.12. The van der Waals surface area contributed by atoms with Crippen LogP contribution in [0.4, 0.5) is 5.69 Å². The van der Waals surface area contributed by atoms with Crippen molar-refractivity contribution in [2.45, 2.75) is 40.2 Å². The molecule has 2 N–H and O–H groups in total. The largest absolute Gasteiger partial charge is 0.376 e. The second-order valence-corrected chi connectivity index (χ2v) is 5.89. The van der Waals surface area contributed by atoms with Crippen LogP contribution >= 0.6 is 0 Å². The van der Waals surface area contributed by atoms with Crippen molar-refractivity contribution < 1.29 is 9.32 Å². The maximum atomic E-state index is 12.0. The summed E-state index contributed by atoms with van der Waals surface area (Å²) < 4.78 is 5.22. The number of hydrogen-bond acceptors (Lipinski definition) is 5. The zero-order chi connectivity index (χ0) is 16.7. The molecule has 1 heterocycles. The molecule has 0 atom stereocenters. The van der Waals surface area contributed by atoms with E-state index in [1.165, 1.54) is 0 Å². The van der Waals surface area contributed by atoms with Crippen molar-refractivity contribution in [1.29, 1.82) is 0 Å². The maximum Gasteiger partial charge on any atom is 0.251 e. The lowest BCUT2D eigenvalue weighted by atomic mass is 10.1. The molecule has 6 heteroatoms. The standard InChI is InChI=1S/C17H24N4O2/c1-4-8-18-17(22)13-6-5-7-14(10-13)19-11-16-20-15(21-23-16)9-12(2)3/h5-7,10,12,19H,4,8-9,11H2,1-3H3,(H,18,22). The predicted molar refractivity (Wildman–Crippen MR) is 89.2 cm³/mol. The maximum absolute atomic E-state index is 12.0. The average molecular weight is 316 g/mol. The second kappa shape index (κ2) is 8.31. The molecule has 1 aromatic carbocycles. The third-order valence-electron chi connectivity index (χ3n) is 3.21. The number of hydrogen-bond donors (Lipinski definition) is 2. The van der Waals surface area contributed by atoms with Gasteiger partial charge in [-0.15, -0.1) is 0 Å². The molecule has 0 aliphatic rings. The number of nitrogens with zero attached hydrogens (tertiary/aromatic N) is 2. The van der Waals surface area contributed by atoms with E-state index in [9.17, 15) is 4.79 Å². The molecule has 0 fully saturated rings. The molecule has 0 saturated heterocycles. The Morgan fingerprint density at radius 3 is 2.91 bits per heavy atom. The highest BCUT2D eigenvalue weighted by molar-refractivity contribution is 5.95. The third kappa shape index (κ3) is 5.39. The summed E-state index contributed by atoms with van der Waals surface area (Å²) in [7, 11) is 0. The first-order chi connectivity index (χ1) is 11.1. The fraction of sp³-hybridized carbons (Fsp3) is 0.471. The van der Waals surface area contributed by atoms with Gasteiger partial charge in [-0.2, -0.15) is 4.98 Å². The van der Waals surface area contributed by atoms with Gasteiger partial charge in [-0.3, -0.25) is 4.79 Å². The van der Waals surface area contributed by atoms with Crippen molar-refractivity contribution in [3.05, 3.63) is 41.5 Å². The number of anilines is 1. The molecule has 1 aromatic heterocycles. The Labute approximate surface area is 136 Å². The van der Waals surface area contributed by atoms with E-state index in [0.29, 0.717) is 30.5 Å². The van der Waals surface area contributed by atoms with E-state index in [1.807, 2.05) is 25.1 Å². The summed E-state index contributed by atoms with van der Waals surface area (Å²) in [4.78, 5) is 16.3. The van der Waals surface area contributed by atoms with Gasteiger partial charge in [0.1, 0.15) is 0 Å². The van der Waals surface area contributed by atoms with Gasteiger partial charge in [0.15, 0.2) is 5.82 Å². The minimum atomic E-state index is -0.0625. The Kier molecular flexibility index (Phi) is 6.14. The fourth-order valence-corrected chi connectivity index (χ4v) is 2.10. The average Bonchev–Trinajstić information content (AvgIpc) is 2.97. The number of benzene rings is 1. The molecule has 0 saturated carbocycles. The van der Waals surface area contributed by atoms with Gasteiger partial charge in [0.25, 0.3) is 5.91 Å². The van der Waals surface area contributed by atoms with Gasteiger partial charge in [0, 0.05) is 24.2 Å². The molecule has 124 valence electrons. The van der Waals surface area contributed by atoms with Crippen LogP contribution in [0.5, 0.6) is 0 Å². The SMILES string of the molecule is CCCNC(=O)c1cccc(NCc2nc(CC(C)C)no2)c1. The summed E-state index contributed by atoms with van der Waals surface area (Å²) in [5.74, 6) is 1.70. The molecule has 23 heavy (non-hydrogen) atoms. The molecule has 6 nitrogen and oxygen atoms in total. The molecule has 1 amide bonds. The van der Waals surface area contributed by atoms with Crippen molar-refractivity contribution in [3.63, 3.8) is 0 Å². The molecular formula is C17H24N4O2. The number of carbonyl (C=O) groups excluding carboxylic acids is 1. The highest BCUT2D eigenvalue weighted by Gasteiger charge is 2.09. The van der Waals surface area contributed by atoms with Gasteiger partial charge in [0.05, 0.1) is 6.54 Å². The molecule has 2 aromatic rings. The Morgan fingerprint density at radius 1 is 1.35 bits per heavy atom. The second-order valence-electron chi connectivity index (χ2n) is 5.89. The summed E-state index contributed by atoms with van der Waals surface area (Å²) in [5.41, 5.74) is 1.48. The van der Waals surface area contributed by atoms with Gasteiger partial charge in [0.2, 0.25) is 5.89 Å². The van der Waals surface area contributed by atoms with Crippen LogP contribution in [0.1, 0.15) is 49.3 Å². The van der Waals surface area contributed by atoms with E-state index in [0.717, 1.165) is 24.4 Å². The van der Waals surface area contributed by atoms with Crippen molar-refractivity contribution >= 4 is 11.6 Å². The van der Waals surface area contributed by atoms with Gasteiger partial charge >= 0.3 is 0 Å². The first-order valence-corrected chi connectivity index (χ1v) is 8.02. The molecule has 0 spiro atoms. The highest BCUT2D eigenvalue weighted by atomic mass is 16.5. The molecule has 2 rings (SSSR count). The topological polar surface area (TPSA) is 80.0 Å². The van der Waals surface area contributed by atoms with E-state index in [-0.39, 0.29) is 5.91 Å². The summed E-state index contributed by atoms with van der Waals surface area (Å²) in [6.45, 7) is 7.37. The van der Waals surface area contributed by atoms with E-state index in [4.69, 9.17) is 4.52 Å². The van der Waals surface area contributed by atoms with Crippen LogP contribution in [0.15, 0.2) is 28.8 Å². The van der Waals surface area contributed by atoms with Crippen molar-refractivity contribution in [2.24, 2.45) is 5.92 Å². The van der Waals surface area contributed by atoms with Crippen molar-refractivity contribution in [3.8, 4) is 0 Å². The lowest BCUT2D eigenvalue weighted by Gasteiger charge is -2.07. The minimum Gasteiger partial charge on any atom is -0.376 e. The van der Waals surface area contributed by atoms with Gasteiger partial charge in [-0.05, 0) is 30.5 Å². The lowest BCUT2D eigenvalue weighted by Crippen LogP contribution is -2.23. The normalized spacial score (nSPS) is 10.8. The summed E-state index contributed by atoms with van der Waals surface area (Å²) >= 11 is 0. The first kappa shape index (κ1) is 17.0. The summed E-state index contributed by atoms with van der Waals surface area (Å²) in [6, 6.07) is 7.36. The van der Waals surface area contributed by atoms with Crippen molar-refractivity contribution in [2.75, 3.05) is 11.9 Å². The molecule has 0 aliphatic carbocycles. The van der Waals surface area contributed by atoms with Crippen LogP contribution in [0.3, 0.4) is 0 Å². The van der Waals surface area contributed by atoms with E-state index < -0.39 is 0 Å². The van der Waals surface area contributed by atoms with Gasteiger partial charge < -0.3 is 15.2 Å². The smallest absolute Gasteiger partial charge is 0.251 e. The Morgan fingerprint density at radius 2 is 2.17 bits per heavy atom. The van der Waals surface area contributed by atoms with Crippen LogP contribution in [0, 0.1) is 5.92 Å². The predicted octanol–water partition coefficient (Wildman–Crippen LogP) is 3.02. The minimum absolute atomic E-state index is 0.0625. The fourth-order valence-electron chi connectivity index (χ4n) is 2.10. The molecule has 0 bridgehead atoms. The molecule has 0 radical (unpaired) electrons. The monoisotopic (exact) mass is 316 g/mol. The summed E-state index contributed by atoms with van der Waals surface area (Å²) in [6.07, 6.45) is 1.72. The number of amides is 1. The van der Waals surface area contributed by atoms with Gasteiger partial charge in [-0.25, -0.2) is 0 Å². The van der Waals surface area contributed by atoms with Crippen LogP contribution in [-0.2, 0) is 13.0 Å². The van der Waals surface area contributed by atoms with Crippen LogP contribution in [0.2, 0.25) is 0 Å². The lowest BCUT2D eigenvalue weighted by molar-refractivity contribution is 0.0953. The van der Waals surface area contributed by atoms with Crippen molar-refractivity contribution in [1.82, 2.24) is 15.5 Å². The molecule has 0 unspecified atom stereocenters. The summed E-state index contributed by atoms with van der Waals surface area (Å²) in [5, 5.41) is 10.0. The number of rotatable bonds is 8. The Balaban J connectivity index is 1.93. The Bertz CT molecular complexity index is 637. The van der Waals surface area contributed by atoms with Crippen LogP contribution in [0.25, 0.3) is 0 Å². The zero-order valence-electron chi connectivity index (χ0n) is 13.9. The Hall–Kier alpha value is -2.37. The van der Waals surface area contributed by atoms with E-state index in [2.05, 4.69) is 34.6 Å². The number of aromatic nitrogens is 2. The molecule has 0 aliphatic heterocycles. The quantitative estimate of drug-likeness (QED) is 0.782. The number of carbonyl (C=O) groups is 1. The van der Waals surface area contributed by atoms with Crippen LogP contribution < -0.4 is 10.6 Å². The van der Waals surface area contributed by atoms with E-state index in [1.54, 1.807) is 6.07 Å². The third-order valence-corrected chi connectivity index (χ3v) is 3.21.